The average molecular weight is 387 g/mol. The van der Waals surface area contributed by atoms with Crippen LogP contribution in [0.1, 0.15) is 17.5 Å². The molecule has 1 heterocycles. The van der Waals surface area contributed by atoms with Crippen molar-refractivity contribution in [2.24, 2.45) is 0 Å². The molecule has 2 aromatic carbocycles. The monoisotopic (exact) mass is 386 g/mol. The molecule has 2 N–H and O–H groups in total. The number of aromatic amines is 1. The molecule has 0 fully saturated rings. The van der Waals surface area contributed by atoms with E-state index in [-0.39, 0.29) is 12.3 Å². The van der Waals surface area contributed by atoms with Crippen molar-refractivity contribution in [3.63, 3.8) is 0 Å². The lowest BCUT2D eigenvalue weighted by atomic mass is 10.1. The lowest BCUT2D eigenvalue weighted by Gasteiger charge is -2.09. The molecule has 0 saturated heterocycles. The molecule has 0 aliphatic rings. The SMILES string of the molecule is Cc1ccc(-c2n[nH]c(=S)n2CCC(=O)Nc2ccc(C)c(Cl)c2)cc1. The van der Waals surface area contributed by atoms with Crippen molar-refractivity contribution in [1.82, 2.24) is 14.8 Å². The number of hydrogen-bond acceptors (Lipinski definition) is 3. The Morgan fingerprint density at radius 2 is 1.96 bits per heavy atom. The summed E-state index contributed by atoms with van der Waals surface area (Å²) in [5.41, 5.74) is 3.77. The van der Waals surface area contributed by atoms with Crippen LogP contribution < -0.4 is 5.32 Å². The summed E-state index contributed by atoms with van der Waals surface area (Å²) in [5, 5.41) is 10.6. The summed E-state index contributed by atoms with van der Waals surface area (Å²) in [5.74, 6) is 0.615. The Labute approximate surface area is 162 Å². The van der Waals surface area contributed by atoms with Gasteiger partial charge in [0.2, 0.25) is 5.91 Å². The highest BCUT2D eigenvalue weighted by Crippen LogP contribution is 2.21. The van der Waals surface area contributed by atoms with Crippen molar-refractivity contribution in [2.75, 3.05) is 5.32 Å². The van der Waals surface area contributed by atoms with Gasteiger partial charge in [0.1, 0.15) is 0 Å². The van der Waals surface area contributed by atoms with Gasteiger partial charge in [-0.05, 0) is 43.8 Å². The third kappa shape index (κ3) is 4.20. The predicted molar refractivity (Wildman–Crippen MR) is 107 cm³/mol. The fourth-order valence-corrected chi connectivity index (χ4v) is 2.96. The molecule has 0 atom stereocenters. The average Bonchev–Trinajstić information content (AvgIpc) is 2.98. The van der Waals surface area contributed by atoms with Crippen molar-refractivity contribution in [2.45, 2.75) is 26.8 Å². The van der Waals surface area contributed by atoms with Crippen molar-refractivity contribution < 1.29 is 4.79 Å². The van der Waals surface area contributed by atoms with Gasteiger partial charge in [-0.2, -0.15) is 5.10 Å². The number of anilines is 1. The number of rotatable bonds is 5. The van der Waals surface area contributed by atoms with Crippen LogP contribution in [-0.4, -0.2) is 20.7 Å². The number of aromatic nitrogens is 3. The smallest absolute Gasteiger partial charge is 0.226 e. The molecule has 3 aromatic rings. The number of halogens is 1. The Balaban J connectivity index is 1.70. The number of nitrogens with zero attached hydrogens (tertiary/aromatic N) is 2. The molecule has 5 nitrogen and oxygen atoms in total. The van der Waals surface area contributed by atoms with Crippen LogP contribution in [0.4, 0.5) is 5.69 Å². The first-order chi connectivity index (χ1) is 12.4. The molecular weight excluding hydrogens is 368 g/mol. The zero-order chi connectivity index (χ0) is 18.7. The summed E-state index contributed by atoms with van der Waals surface area (Å²) < 4.78 is 2.33. The lowest BCUT2D eigenvalue weighted by molar-refractivity contribution is -0.116. The first kappa shape index (κ1) is 18.4. The number of H-pyrrole nitrogens is 1. The Hall–Kier alpha value is -2.44. The van der Waals surface area contributed by atoms with Gasteiger partial charge in [0.15, 0.2) is 10.6 Å². The summed E-state index contributed by atoms with van der Waals surface area (Å²) in [6, 6.07) is 13.5. The third-order valence-electron chi connectivity index (χ3n) is 4.09. The van der Waals surface area contributed by atoms with E-state index in [2.05, 4.69) is 15.5 Å². The van der Waals surface area contributed by atoms with Crippen molar-refractivity contribution in [3.8, 4) is 11.4 Å². The Morgan fingerprint density at radius 3 is 2.65 bits per heavy atom. The van der Waals surface area contributed by atoms with E-state index in [1.54, 1.807) is 6.07 Å². The van der Waals surface area contributed by atoms with E-state index in [0.717, 1.165) is 17.0 Å². The van der Waals surface area contributed by atoms with Gasteiger partial charge in [-0.3, -0.25) is 14.5 Å². The molecular formula is C19H19ClN4OS. The molecule has 1 amide bonds. The van der Waals surface area contributed by atoms with Crippen LogP contribution in [-0.2, 0) is 11.3 Å². The molecule has 7 heteroatoms. The summed E-state index contributed by atoms with van der Waals surface area (Å²) in [4.78, 5) is 12.3. The molecule has 1 aromatic heterocycles. The number of hydrogen-bond donors (Lipinski definition) is 2. The lowest BCUT2D eigenvalue weighted by Crippen LogP contribution is -2.15. The zero-order valence-electron chi connectivity index (χ0n) is 14.5. The Morgan fingerprint density at radius 1 is 1.23 bits per heavy atom. The molecule has 0 aliphatic carbocycles. The Kier molecular flexibility index (Phi) is 5.54. The van der Waals surface area contributed by atoms with Crippen LogP contribution in [0, 0.1) is 18.6 Å². The number of nitrogens with one attached hydrogen (secondary N) is 2. The van der Waals surface area contributed by atoms with E-state index >= 15 is 0 Å². The molecule has 134 valence electrons. The van der Waals surface area contributed by atoms with Crippen molar-refractivity contribution >= 4 is 35.4 Å². The van der Waals surface area contributed by atoms with E-state index in [1.165, 1.54) is 5.56 Å². The van der Waals surface area contributed by atoms with Gasteiger partial charge < -0.3 is 5.32 Å². The number of carbonyl (C=O) groups excluding carboxylic acids is 1. The quantitative estimate of drug-likeness (QED) is 0.612. The van der Waals surface area contributed by atoms with E-state index < -0.39 is 0 Å². The Bertz CT molecular complexity index is 992. The minimum atomic E-state index is -0.108. The number of benzene rings is 2. The van der Waals surface area contributed by atoms with Gasteiger partial charge in [-0.25, -0.2) is 0 Å². The number of aryl methyl sites for hydroxylation is 2. The van der Waals surface area contributed by atoms with E-state index in [1.807, 2.05) is 54.8 Å². The largest absolute Gasteiger partial charge is 0.326 e. The topological polar surface area (TPSA) is 62.7 Å². The van der Waals surface area contributed by atoms with Gasteiger partial charge in [-0.1, -0.05) is 47.5 Å². The molecule has 26 heavy (non-hydrogen) atoms. The first-order valence-corrected chi connectivity index (χ1v) is 9.01. The minimum absolute atomic E-state index is 0.108. The second-order valence-electron chi connectivity index (χ2n) is 6.13. The van der Waals surface area contributed by atoms with Gasteiger partial charge in [-0.15, -0.1) is 0 Å². The summed E-state index contributed by atoms with van der Waals surface area (Å²) in [7, 11) is 0. The fourth-order valence-electron chi connectivity index (χ4n) is 2.56. The van der Waals surface area contributed by atoms with Gasteiger partial charge in [0.05, 0.1) is 0 Å². The van der Waals surface area contributed by atoms with Crippen LogP contribution in [0.2, 0.25) is 5.02 Å². The highest BCUT2D eigenvalue weighted by molar-refractivity contribution is 7.71. The maximum absolute atomic E-state index is 12.3. The third-order valence-corrected chi connectivity index (χ3v) is 4.80. The first-order valence-electron chi connectivity index (χ1n) is 8.22. The van der Waals surface area contributed by atoms with Crippen LogP contribution in [0.15, 0.2) is 42.5 Å². The van der Waals surface area contributed by atoms with E-state index in [4.69, 9.17) is 23.8 Å². The standard InChI is InChI=1S/C19H19ClN4OS/c1-12-3-6-14(7-4-12)18-22-23-19(26)24(18)10-9-17(25)21-15-8-5-13(2)16(20)11-15/h3-8,11H,9-10H2,1-2H3,(H,21,25)(H,23,26). The molecule has 0 radical (unpaired) electrons. The maximum Gasteiger partial charge on any atom is 0.226 e. The molecule has 0 saturated carbocycles. The summed E-state index contributed by atoms with van der Waals surface area (Å²) in [6.07, 6.45) is 0.276. The predicted octanol–water partition coefficient (Wildman–Crippen LogP) is 4.91. The van der Waals surface area contributed by atoms with Crippen molar-refractivity contribution in [3.05, 3.63) is 63.4 Å². The number of carbonyl (C=O) groups is 1. The molecule has 0 spiro atoms. The molecule has 0 aliphatic heterocycles. The van der Waals surface area contributed by atoms with Crippen LogP contribution >= 0.6 is 23.8 Å². The fraction of sp³-hybridized carbons (Fsp3) is 0.211. The summed E-state index contributed by atoms with van der Waals surface area (Å²) >= 11 is 11.4. The highest BCUT2D eigenvalue weighted by Gasteiger charge is 2.11. The molecule has 0 unspecified atom stereocenters. The highest BCUT2D eigenvalue weighted by atomic mass is 35.5. The van der Waals surface area contributed by atoms with Gasteiger partial charge >= 0.3 is 0 Å². The van der Waals surface area contributed by atoms with E-state index in [9.17, 15) is 4.79 Å². The normalized spacial score (nSPS) is 10.7. The second kappa shape index (κ2) is 7.85. The van der Waals surface area contributed by atoms with Gasteiger partial charge in [0, 0.05) is 29.2 Å². The summed E-state index contributed by atoms with van der Waals surface area (Å²) in [6.45, 7) is 4.38. The zero-order valence-corrected chi connectivity index (χ0v) is 16.1. The minimum Gasteiger partial charge on any atom is -0.326 e. The van der Waals surface area contributed by atoms with Crippen LogP contribution in [0.5, 0.6) is 0 Å². The van der Waals surface area contributed by atoms with Crippen LogP contribution in [0.25, 0.3) is 11.4 Å². The van der Waals surface area contributed by atoms with Crippen LogP contribution in [0.3, 0.4) is 0 Å². The van der Waals surface area contributed by atoms with Gasteiger partial charge in [0.25, 0.3) is 0 Å². The molecule has 0 bridgehead atoms. The second-order valence-corrected chi connectivity index (χ2v) is 6.93. The number of amides is 1. The molecule has 3 rings (SSSR count). The maximum atomic E-state index is 12.3. The van der Waals surface area contributed by atoms with Crippen molar-refractivity contribution in [1.29, 1.82) is 0 Å². The van der Waals surface area contributed by atoms with E-state index in [0.29, 0.717) is 22.0 Å².